The van der Waals surface area contributed by atoms with E-state index in [9.17, 15) is 4.79 Å². The van der Waals surface area contributed by atoms with E-state index >= 15 is 0 Å². The van der Waals surface area contributed by atoms with Crippen molar-refractivity contribution in [2.45, 2.75) is 12.3 Å². The van der Waals surface area contributed by atoms with Gasteiger partial charge in [0.15, 0.2) is 5.78 Å². The van der Waals surface area contributed by atoms with Crippen LogP contribution in [0, 0.1) is 0 Å². The Labute approximate surface area is 92.8 Å². The molecule has 0 saturated carbocycles. The van der Waals surface area contributed by atoms with Crippen molar-refractivity contribution < 1.29 is 9.53 Å². The van der Waals surface area contributed by atoms with Crippen molar-refractivity contribution >= 4 is 29.0 Å². The SMILES string of the molecule is COc1cccc(C(Cl)C(C)=O)c1Cl. The van der Waals surface area contributed by atoms with Gasteiger partial charge in [-0.15, -0.1) is 11.6 Å². The molecule has 0 aromatic heterocycles. The van der Waals surface area contributed by atoms with Crippen LogP contribution in [0.3, 0.4) is 0 Å². The van der Waals surface area contributed by atoms with E-state index in [4.69, 9.17) is 27.9 Å². The molecule has 0 bridgehead atoms. The second-order valence-electron chi connectivity index (χ2n) is 2.84. The van der Waals surface area contributed by atoms with E-state index in [0.717, 1.165) is 0 Å². The topological polar surface area (TPSA) is 26.3 Å². The Morgan fingerprint density at radius 2 is 2.14 bits per heavy atom. The highest BCUT2D eigenvalue weighted by Gasteiger charge is 2.18. The first-order chi connectivity index (χ1) is 6.57. The van der Waals surface area contributed by atoms with Crippen LogP contribution in [0.15, 0.2) is 18.2 Å². The van der Waals surface area contributed by atoms with Crippen molar-refractivity contribution in [3.8, 4) is 5.75 Å². The van der Waals surface area contributed by atoms with E-state index in [0.29, 0.717) is 16.3 Å². The van der Waals surface area contributed by atoms with Crippen molar-refractivity contribution in [3.63, 3.8) is 0 Å². The summed E-state index contributed by atoms with van der Waals surface area (Å²) >= 11 is 11.9. The van der Waals surface area contributed by atoms with E-state index in [-0.39, 0.29) is 5.78 Å². The van der Waals surface area contributed by atoms with E-state index in [2.05, 4.69) is 0 Å². The summed E-state index contributed by atoms with van der Waals surface area (Å²) in [5.74, 6) is 0.387. The predicted octanol–water partition coefficient (Wildman–Crippen LogP) is 3.22. The Bertz CT molecular complexity index is 350. The fraction of sp³-hybridized carbons (Fsp3) is 0.300. The molecule has 1 atom stereocenters. The van der Waals surface area contributed by atoms with Crippen LogP contribution in [0.25, 0.3) is 0 Å². The molecule has 0 aliphatic rings. The number of Topliss-reactive ketones (excluding diaryl/α,β-unsaturated/α-hetero) is 1. The van der Waals surface area contributed by atoms with E-state index < -0.39 is 5.38 Å². The summed E-state index contributed by atoms with van der Waals surface area (Å²) in [7, 11) is 1.52. The van der Waals surface area contributed by atoms with Crippen molar-refractivity contribution in [1.82, 2.24) is 0 Å². The molecule has 0 N–H and O–H groups in total. The summed E-state index contributed by atoms with van der Waals surface area (Å²) in [5, 5.41) is -0.317. The molecule has 1 unspecified atom stereocenters. The van der Waals surface area contributed by atoms with Crippen LogP contribution in [0.1, 0.15) is 17.9 Å². The number of hydrogen-bond acceptors (Lipinski definition) is 2. The number of rotatable bonds is 3. The molecule has 14 heavy (non-hydrogen) atoms. The van der Waals surface area contributed by atoms with Gasteiger partial charge >= 0.3 is 0 Å². The lowest BCUT2D eigenvalue weighted by molar-refractivity contribution is -0.116. The Morgan fingerprint density at radius 3 is 2.64 bits per heavy atom. The molecule has 0 saturated heterocycles. The van der Waals surface area contributed by atoms with Crippen molar-refractivity contribution in [3.05, 3.63) is 28.8 Å². The number of carbonyl (C=O) groups excluding carboxylic acids is 1. The molecule has 1 aromatic carbocycles. The van der Waals surface area contributed by atoms with Gasteiger partial charge in [0.05, 0.1) is 12.1 Å². The molecule has 1 rings (SSSR count). The van der Waals surface area contributed by atoms with Gasteiger partial charge < -0.3 is 4.74 Å². The van der Waals surface area contributed by atoms with Gasteiger partial charge in [-0.2, -0.15) is 0 Å². The van der Waals surface area contributed by atoms with Crippen molar-refractivity contribution in [1.29, 1.82) is 0 Å². The Kier molecular flexibility index (Phi) is 3.78. The molecule has 0 aliphatic carbocycles. The molecule has 0 radical (unpaired) electrons. The summed E-state index contributed by atoms with van der Waals surface area (Å²) in [6.07, 6.45) is 0. The van der Waals surface area contributed by atoms with E-state index in [1.165, 1.54) is 14.0 Å². The average molecular weight is 233 g/mol. The highest BCUT2D eigenvalue weighted by Crippen LogP contribution is 2.34. The largest absolute Gasteiger partial charge is 0.495 e. The minimum absolute atomic E-state index is 0.137. The van der Waals surface area contributed by atoms with Crippen LogP contribution in [-0.4, -0.2) is 12.9 Å². The lowest BCUT2D eigenvalue weighted by atomic mass is 10.1. The first kappa shape index (κ1) is 11.3. The maximum absolute atomic E-state index is 11.1. The number of ether oxygens (including phenoxy) is 1. The first-order valence-electron chi connectivity index (χ1n) is 4.05. The third-order valence-corrected chi connectivity index (χ3v) is 2.79. The fourth-order valence-electron chi connectivity index (χ4n) is 1.10. The van der Waals surface area contributed by atoms with E-state index in [1.54, 1.807) is 18.2 Å². The van der Waals surface area contributed by atoms with Gasteiger partial charge in [0.2, 0.25) is 0 Å². The number of carbonyl (C=O) groups is 1. The number of hydrogen-bond donors (Lipinski definition) is 0. The zero-order valence-electron chi connectivity index (χ0n) is 7.88. The normalized spacial score (nSPS) is 12.3. The summed E-state index contributed by atoms with van der Waals surface area (Å²) < 4.78 is 5.01. The van der Waals surface area contributed by atoms with Gasteiger partial charge in [0.1, 0.15) is 11.1 Å². The molecule has 2 nitrogen and oxygen atoms in total. The van der Waals surface area contributed by atoms with Gasteiger partial charge in [-0.1, -0.05) is 23.7 Å². The summed E-state index contributed by atoms with van der Waals surface area (Å²) in [6, 6.07) is 5.18. The molecule has 0 aliphatic heterocycles. The third kappa shape index (κ3) is 2.20. The number of benzene rings is 1. The number of alkyl halides is 1. The van der Waals surface area contributed by atoms with Crippen molar-refractivity contribution in [2.75, 3.05) is 7.11 Å². The van der Waals surface area contributed by atoms with Gasteiger partial charge in [-0.05, 0) is 18.6 Å². The van der Waals surface area contributed by atoms with Gasteiger partial charge in [-0.25, -0.2) is 0 Å². The molecule has 0 fully saturated rings. The third-order valence-electron chi connectivity index (χ3n) is 1.84. The number of methoxy groups -OCH3 is 1. The lowest BCUT2D eigenvalue weighted by Gasteiger charge is -2.10. The second-order valence-corrected chi connectivity index (χ2v) is 3.65. The Balaban J connectivity index is 3.15. The van der Waals surface area contributed by atoms with Crippen molar-refractivity contribution in [2.24, 2.45) is 0 Å². The fourth-order valence-corrected chi connectivity index (χ4v) is 1.65. The lowest BCUT2D eigenvalue weighted by Crippen LogP contribution is -2.02. The smallest absolute Gasteiger partial charge is 0.152 e. The van der Waals surface area contributed by atoms with Crippen LogP contribution in [-0.2, 0) is 4.79 Å². The van der Waals surface area contributed by atoms with Crippen LogP contribution in [0.5, 0.6) is 5.75 Å². The monoisotopic (exact) mass is 232 g/mol. The van der Waals surface area contributed by atoms with E-state index in [1.807, 2.05) is 0 Å². The minimum Gasteiger partial charge on any atom is -0.495 e. The quantitative estimate of drug-likeness (QED) is 0.749. The molecule has 76 valence electrons. The molecular weight excluding hydrogens is 223 g/mol. The standard InChI is InChI=1S/C10H10Cl2O2/c1-6(13)9(11)7-4-3-5-8(14-2)10(7)12/h3-5,9H,1-2H3. The maximum atomic E-state index is 11.1. The molecule has 1 aromatic rings. The van der Waals surface area contributed by atoms with Crippen LogP contribution >= 0.6 is 23.2 Å². The van der Waals surface area contributed by atoms with Crippen LogP contribution in [0.4, 0.5) is 0 Å². The molecule has 0 heterocycles. The average Bonchev–Trinajstić information content (AvgIpc) is 2.17. The zero-order valence-corrected chi connectivity index (χ0v) is 9.39. The highest BCUT2D eigenvalue weighted by molar-refractivity contribution is 6.36. The molecule has 0 spiro atoms. The van der Waals surface area contributed by atoms with Crippen LogP contribution < -0.4 is 4.74 Å². The molecule has 0 amide bonds. The van der Waals surface area contributed by atoms with Gasteiger partial charge in [0.25, 0.3) is 0 Å². The zero-order chi connectivity index (χ0) is 10.7. The Hall–Kier alpha value is -0.730. The number of ketones is 1. The summed E-state index contributed by atoms with van der Waals surface area (Å²) in [4.78, 5) is 11.1. The second kappa shape index (κ2) is 4.67. The number of halogens is 2. The highest BCUT2D eigenvalue weighted by atomic mass is 35.5. The van der Waals surface area contributed by atoms with Gasteiger partial charge in [-0.3, -0.25) is 4.79 Å². The summed E-state index contributed by atoms with van der Waals surface area (Å²) in [5.41, 5.74) is 0.584. The predicted molar refractivity (Wildman–Crippen MR) is 57.3 cm³/mol. The minimum atomic E-state index is -0.711. The molecular formula is C10H10Cl2O2. The molecule has 4 heteroatoms. The Morgan fingerprint density at radius 1 is 1.50 bits per heavy atom. The first-order valence-corrected chi connectivity index (χ1v) is 4.86. The maximum Gasteiger partial charge on any atom is 0.152 e. The summed E-state index contributed by atoms with van der Waals surface area (Å²) in [6.45, 7) is 1.42. The van der Waals surface area contributed by atoms with Crippen LogP contribution in [0.2, 0.25) is 5.02 Å². The van der Waals surface area contributed by atoms with Gasteiger partial charge in [0, 0.05) is 0 Å².